The quantitative estimate of drug-likeness (QED) is 0.397. The van der Waals surface area contributed by atoms with Crippen LogP contribution in [0.1, 0.15) is 0 Å². The SMILES string of the molecule is O=S(=O)(O)c1ccc([Se][Se]c2ccc(S(=O)(=O)O)cc2)cc1.[K]. The maximum absolute atomic E-state index is 10.9. The molecule has 6 nitrogen and oxygen atoms in total. The molecule has 0 spiro atoms. The van der Waals surface area contributed by atoms with E-state index < -0.39 is 20.2 Å². The smallest absolute Gasteiger partial charge is 0 e. The van der Waals surface area contributed by atoms with Crippen LogP contribution in [0, 0.1) is 0 Å². The van der Waals surface area contributed by atoms with Gasteiger partial charge in [0, 0.05) is 51.4 Å². The van der Waals surface area contributed by atoms with E-state index >= 15 is 0 Å². The Labute approximate surface area is 188 Å². The van der Waals surface area contributed by atoms with Crippen molar-refractivity contribution in [3.63, 3.8) is 0 Å². The maximum atomic E-state index is 10.9. The van der Waals surface area contributed by atoms with E-state index in [4.69, 9.17) is 9.11 Å². The minimum absolute atomic E-state index is 0. The van der Waals surface area contributed by atoms with Crippen LogP contribution in [-0.2, 0) is 20.2 Å². The first-order valence-corrected chi connectivity index (χ1v) is 14.6. The number of hydrogen-bond donors (Lipinski definition) is 2. The molecule has 2 N–H and O–H groups in total. The molecule has 0 saturated heterocycles. The largest absolute Gasteiger partial charge is 0 e. The standard InChI is InChI=1S/C12H10O6S2Se2.K/c13-19(14,15)9-1-5-11(6-2-9)21-22-12-7-3-10(4-8-12)20(16,17)18;/h1-8H,(H,13,14,15)(H,16,17,18);. The minimum atomic E-state index is -4.17. The second-order valence-electron chi connectivity index (χ2n) is 4.06. The first-order chi connectivity index (χ1) is 10.2. The summed E-state index contributed by atoms with van der Waals surface area (Å²) in [4.78, 5) is -0.283. The van der Waals surface area contributed by atoms with Crippen molar-refractivity contribution in [3.8, 4) is 0 Å². The van der Waals surface area contributed by atoms with Crippen LogP contribution in [0.15, 0.2) is 58.3 Å². The van der Waals surface area contributed by atoms with Crippen LogP contribution < -0.4 is 8.92 Å². The average molecular weight is 511 g/mol. The van der Waals surface area contributed by atoms with E-state index in [0.717, 1.165) is 8.92 Å². The minimum Gasteiger partial charge on any atom is 0 e. The molecule has 119 valence electrons. The zero-order chi connectivity index (χ0) is 16.4. The van der Waals surface area contributed by atoms with E-state index in [2.05, 4.69) is 0 Å². The molecule has 0 fully saturated rings. The fourth-order valence-electron chi connectivity index (χ4n) is 1.43. The van der Waals surface area contributed by atoms with Gasteiger partial charge in [-0.3, -0.25) is 0 Å². The molecule has 2 aromatic rings. The van der Waals surface area contributed by atoms with Gasteiger partial charge in [0.05, 0.1) is 0 Å². The Balaban J connectivity index is 0.00000264. The third-order valence-corrected chi connectivity index (χ3v) is 11.4. The molecule has 0 atom stereocenters. The molecule has 2 rings (SSSR count). The van der Waals surface area contributed by atoms with Crippen LogP contribution in [0.5, 0.6) is 0 Å². The zero-order valence-corrected chi connectivity index (χ0v) is 20.0. The Morgan fingerprint density at radius 3 is 1.09 bits per heavy atom. The van der Waals surface area contributed by atoms with E-state index in [1.807, 2.05) is 0 Å². The molecule has 23 heavy (non-hydrogen) atoms. The van der Waals surface area contributed by atoms with E-state index in [1.54, 1.807) is 24.3 Å². The average Bonchev–Trinajstić information content (AvgIpc) is 2.44. The number of benzene rings is 2. The normalized spacial score (nSPS) is 11.7. The van der Waals surface area contributed by atoms with Gasteiger partial charge in [-0.25, -0.2) is 0 Å². The third-order valence-electron chi connectivity index (χ3n) is 2.48. The topological polar surface area (TPSA) is 109 Å². The molecule has 0 aromatic heterocycles. The van der Waals surface area contributed by atoms with Crippen molar-refractivity contribution in [1.82, 2.24) is 0 Å². The second-order valence-corrected chi connectivity index (χ2v) is 13.2. The first-order valence-electron chi connectivity index (χ1n) is 5.66. The van der Waals surface area contributed by atoms with Gasteiger partial charge in [-0.2, -0.15) is 0 Å². The number of hydrogen-bond acceptors (Lipinski definition) is 4. The second kappa shape index (κ2) is 9.04. The van der Waals surface area contributed by atoms with Gasteiger partial charge < -0.3 is 0 Å². The number of rotatable bonds is 5. The molecule has 0 aliphatic heterocycles. The molecule has 0 bridgehead atoms. The molecular weight excluding hydrogens is 501 g/mol. The van der Waals surface area contributed by atoms with Gasteiger partial charge in [0.1, 0.15) is 0 Å². The molecule has 0 heterocycles. The summed E-state index contributed by atoms with van der Waals surface area (Å²) in [7, 11) is -8.35. The van der Waals surface area contributed by atoms with Gasteiger partial charge in [0.2, 0.25) is 0 Å². The van der Waals surface area contributed by atoms with Crippen LogP contribution in [0.2, 0.25) is 0 Å². The Morgan fingerprint density at radius 1 is 0.609 bits per heavy atom. The van der Waals surface area contributed by atoms with Gasteiger partial charge >= 0.3 is 140 Å². The third kappa shape index (κ3) is 6.99. The predicted molar refractivity (Wildman–Crippen MR) is 89.0 cm³/mol. The van der Waals surface area contributed by atoms with E-state index in [1.165, 1.54) is 24.3 Å². The van der Waals surface area contributed by atoms with E-state index in [9.17, 15) is 16.8 Å². The zero-order valence-electron chi connectivity index (χ0n) is 11.8. The summed E-state index contributed by atoms with van der Waals surface area (Å²) in [6, 6.07) is 12.0. The van der Waals surface area contributed by atoms with Crippen molar-refractivity contribution in [2.45, 2.75) is 9.79 Å². The summed E-state index contributed by atoms with van der Waals surface area (Å²) >= 11 is 0.175. The summed E-state index contributed by atoms with van der Waals surface area (Å²) in [5.74, 6) is 0. The van der Waals surface area contributed by atoms with Crippen molar-refractivity contribution in [2.24, 2.45) is 0 Å². The van der Waals surface area contributed by atoms with E-state index in [-0.39, 0.29) is 87.4 Å². The Morgan fingerprint density at radius 2 is 0.870 bits per heavy atom. The Hall–Kier alpha value is 0.935. The maximum Gasteiger partial charge on any atom is 0 e. The van der Waals surface area contributed by atoms with Crippen molar-refractivity contribution in [3.05, 3.63) is 48.5 Å². The van der Waals surface area contributed by atoms with E-state index in [0.29, 0.717) is 0 Å². The van der Waals surface area contributed by atoms with Crippen LogP contribution in [0.25, 0.3) is 0 Å². The summed E-state index contributed by atoms with van der Waals surface area (Å²) in [6.45, 7) is 0. The van der Waals surface area contributed by atoms with Gasteiger partial charge in [-0.15, -0.1) is 0 Å². The molecular formula is C12H10KO6S2Se2. The summed E-state index contributed by atoms with van der Waals surface area (Å²) < 4.78 is 63.5. The van der Waals surface area contributed by atoms with Gasteiger partial charge in [-0.1, -0.05) is 0 Å². The summed E-state index contributed by atoms with van der Waals surface area (Å²) in [5.41, 5.74) is 0. The molecule has 0 aliphatic rings. The van der Waals surface area contributed by atoms with Crippen LogP contribution in [0.3, 0.4) is 0 Å². The molecule has 0 unspecified atom stereocenters. The van der Waals surface area contributed by atoms with Crippen LogP contribution in [0.4, 0.5) is 0 Å². The Bertz CT molecular complexity index is 789. The fourth-order valence-corrected chi connectivity index (χ4v) is 8.35. The first kappa shape index (κ1) is 22.0. The van der Waals surface area contributed by atoms with Crippen LogP contribution >= 0.6 is 0 Å². The van der Waals surface area contributed by atoms with Crippen molar-refractivity contribution >= 4 is 107 Å². The van der Waals surface area contributed by atoms with Gasteiger partial charge in [0.25, 0.3) is 0 Å². The molecule has 11 heteroatoms. The van der Waals surface area contributed by atoms with Crippen molar-refractivity contribution in [2.75, 3.05) is 0 Å². The van der Waals surface area contributed by atoms with Gasteiger partial charge in [0.15, 0.2) is 0 Å². The summed E-state index contributed by atoms with van der Waals surface area (Å²) in [6.07, 6.45) is 0. The molecule has 2 aromatic carbocycles. The molecule has 0 amide bonds. The molecule has 1 radical (unpaired) electrons. The van der Waals surface area contributed by atoms with Crippen molar-refractivity contribution in [1.29, 1.82) is 0 Å². The van der Waals surface area contributed by atoms with Crippen molar-refractivity contribution < 1.29 is 25.9 Å². The molecule has 0 aliphatic carbocycles. The fraction of sp³-hybridized carbons (Fsp3) is 0. The monoisotopic (exact) mass is 513 g/mol. The molecule has 0 saturated carbocycles. The Kier molecular flexibility index (Phi) is 8.64. The van der Waals surface area contributed by atoms with Gasteiger partial charge in [-0.05, 0) is 0 Å². The van der Waals surface area contributed by atoms with Crippen LogP contribution in [-0.4, -0.2) is 104 Å². The predicted octanol–water partition coefficient (Wildman–Crippen LogP) is -0.927. The summed E-state index contributed by atoms with van der Waals surface area (Å²) in [5, 5.41) is 0.